The van der Waals surface area contributed by atoms with E-state index in [0.717, 1.165) is 39.1 Å². The Hall–Kier alpha value is -2.72. The number of nitrogens with one attached hydrogen (secondary N) is 1. The zero-order valence-electron chi connectivity index (χ0n) is 15.0. The molecule has 0 unspecified atom stereocenters. The lowest BCUT2D eigenvalue weighted by Gasteiger charge is -2.18. The van der Waals surface area contributed by atoms with Crippen molar-refractivity contribution in [3.8, 4) is 22.5 Å². The summed E-state index contributed by atoms with van der Waals surface area (Å²) in [5, 5.41) is 9.49. The number of rotatable bonds is 3. The molecular formula is C22H20N2OS. The van der Waals surface area contributed by atoms with Crippen molar-refractivity contribution in [2.24, 2.45) is 0 Å². The number of anilines is 1. The Morgan fingerprint density at radius 2 is 1.69 bits per heavy atom. The zero-order valence-corrected chi connectivity index (χ0v) is 15.9. The Morgan fingerprint density at radius 3 is 2.38 bits per heavy atom. The Bertz CT molecular complexity index is 1110. The summed E-state index contributed by atoms with van der Waals surface area (Å²) in [6, 6.07) is 20.5. The molecule has 26 heavy (non-hydrogen) atoms. The normalized spacial score (nSPS) is 11.2. The maximum atomic E-state index is 7.95. The lowest BCUT2D eigenvalue weighted by molar-refractivity contribution is 0.619. The SMILES string of the molecule is CSc1ccc(-c2c3ccc(=N)cc-3oc3cc(N(C)C)ccc23)cc1. The molecule has 4 rings (SSSR count). The number of fused-ring (bicyclic) bond motifs is 2. The zero-order chi connectivity index (χ0) is 18.3. The van der Waals surface area contributed by atoms with Crippen LogP contribution in [0.4, 0.5) is 5.69 Å². The van der Waals surface area contributed by atoms with E-state index >= 15 is 0 Å². The number of nitrogens with zero attached hydrogens (tertiary/aromatic N) is 1. The van der Waals surface area contributed by atoms with Gasteiger partial charge in [-0.3, -0.25) is 0 Å². The van der Waals surface area contributed by atoms with Gasteiger partial charge in [-0.2, -0.15) is 0 Å². The summed E-state index contributed by atoms with van der Waals surface area (Å²) in [4.78, 5) is 3.30. The summed E-state index contributed by atoms with van der Waals surface area (Å²) in [5.74, 6) is 0.741. The molecule has 3 nitrogen and oxygen atoms in total. The van der Waals surface area contributed by atoms with E-state index in [-0.39, 0.29) is 0 Å². The monoisotopic (exact) mass is 360 g/mol. The van der Waals surface area contributed by atoms with E-state index in [2.05, 4.69) is 53.6 Å². The second-order valence-electron chi connectivity index (χ2n) is 6.49. The first kappa shape index (κ1) is 16.7. The van der Waals surface area contributed by atoms with Crippen LogP contribution in [0.2, 0.25) is 0 Å². The first-order valence-corrected chi connectivity index (χ1v) is 9.66. The van der Waals surface area contributed by atoms with Gasteiger partial charge in [0.05, 0.1) is 5.36 Å². The number of hydrogen-bond donors (Lipinski definition) is 1. The molecule has 0 spiro atoms. The van der Waals surface area contributed by atoms with Crippen molar-refractivity contribution in [1.82, 2.24) is 0 Å². The van der Waals surface area contributed by atoms with E-state index in [0.29, 0.717) is 5.36 Å². The maximum absolute atomic E-state index is 7.95. The van der Waals surface area contributed by atoms with Crippen molar-refractivity contribution < 1.29 is 4.42 Å². The molecule has 0 saturated heterocycles. The van der Waals surface area contributed by atoms with Gasteiger partial charge in [0.1, 0.15) is 11.3 Å². The van der Waals surface area contributed by atoms with Crippen LogP contribution in [0.15, 0.2) is 70.0 Å². The highest BCUT2D eigenvalue weighted by molar-refractivity contribution is 7.98. The average molecular weight is 360 g/mol. The van der Waals surface area contributed by atoms with Crippen LogP contribution in [-0.2, 0) is 0 Å². The van der Waals surface area contributed by atoms with Crippen molar-refractivity contribution in [2.75, 3.05) is 25.3 Å². The van der Waals surface area contributed by atoms with E-state index < -0.39 is 0 Å². The second-order valence-corrected chi connectivity index (χ2v) is 7.37. The molecule has 0 saturated carbocycles. The van der Waals surface area contributed by atoms with Crippen LogP contribution in [0, 0.1) is 5.41 Å². The van der Waals surface area contributed by atoms with Crippen LogP contribution >= 0.6 is 11.8 Å². The van der Waals surface area contributed by atoms with E-state index in [9.17, 15) is 0 Å². The van der Waals surface area contributed by atoms with Crippen molar-refractivity contribution in [3.63, 3.8) is 0 Å². The van der Waals surface area contributed by atoms with Crippen LogP contribution in [0.5, 0.6) is 0 Å². The number of benzene rings is 3. The predicted octanol–water partition coefficient (Wildman–Crippen LogP) is 5.47. The second kappa shape index (κ2) is 6.54. The Morgan fingerprint density at radius 1 is 0.923 bits per heavy atom. The van der Waals surface area contributed by atoms with Gasteiger partial charge in [0.25, 0.3) is 0 Å². The highest BCUT2D eigenvalue weighted by Gasteiger charge is 2.17. The molecule has 4 heteroatoms. The third kappa shape index (κ3) is 2.86. The quantitative estimate of drug-likeness (QED) is 0.389. The Kier molecular flexibility index (Phi) is 4.21. The molecule has 2 aliphatic rings. The fourth-order valence-corrected chi connectivity index (χ4v) is 3.63. The standard InChI is InChI=1S/C22H20N2OS/c1-24(2)16-7-11-19-21(13-16)25-20-12-15(23)6-10-18(20)22(19)14-4-8-17(26-3)9-5-14/h4-13,23H,1-3H3. The lowest BCUT2D eigenvalue weighted by Crippen LogP contribution is -2.08. The van der Waals surface area contributed by atoms with Gasteiger partial charge in [-0.05, 0) is 48.2 Å². The van der Waals surface area contributed by atoms with Crippen molar-refractivity contribution in [2.45, 2.75) is 4.90 Å². The molecule has 1 aliphatic heterocycles. The van der Waals surface area contributed by atoms with Crippen LogP contribution in [0.25, 0.3) is 33.4 Å². The van der Waals surface area contributed by atoms with Gasteiger partial charge in [-0.25, -0.2) is 0 Å². The summed E-state index contributed by atoms with van der Waals surface area (Å²) in [7, 11) is 4.04. The van der Waals surface area contributed by atoms with Gasteiger partial charge in [0.2, 0.25) is 0 Å². The number of hydrogen-bond acceptors (Lipinski definition) is 4. The molecule has 1 aliphatic carbocycles. The minimum absolute atomic E-state index is 0.452. The topological polar surface area (TPSA) is 40.2 Å². The molecule has 0 fully saturated rings. The van der Waals surface area contributed by atoms with Crippen LogP contribution in [0.3, 0.4) is 0 Å². The molecule has 2 aromatic rings. The van der Waals surface area contributed by atoms with Crippen molar-refractivity contribution in [3.05, 3.63) is 66.0 Å². The molecule has 0 bridgehead atoms. The molecular weight excluding hydrogens is 340 g/mol. The van der Waals surface area contributed by atoms with E-state index in [1.165, 1.54) is 4.90 Å². The molecule has 2 aromatic carbocycles. The average Bonchev–Trinajstić information content (AvgIpc) is 2.65. The Balaban J connectivity index is 2.08. The largest absolute Gasteiger partial charge is 0.456 e. The van der Waals surface area contributed by atoms with Gasteiger partial charge in [0.15, 0.2) is 0 Å². The summed E-state index contributed by atoms with van der Waals surface area (Å²) >= 11 is 1.74. The summed E-state index contributed by atoms with van der Waals surface area (Å²) < 4.78 is 6.17. The van der Waals surface area contributed by atoms with Crippen molar-refractivity contribution in [1.29, 1.82) is 5.41 Å². The first-order chi connectivity index (χ1) is 12.6. The molecule has 1 N–H and O–H groups in total. The Labute approximate surface area is 157 Å². The van der Waals surface area contributed by atoms with Crippen molar-refractivity contribution >= 4 is 28.4 Å². The van der Waals surface area contributed by atoms with Gasteiger partial charge >= 0.3 is 0 Å². The van der Waals surface area contributed by atoms with E-state index in [1.807, 2.05) is 26.2 Å². The van der Waals surface area contributed by atoms with Gasteiger partial charge in [-0.1, -0.05) is 12.1 Å². The fraction of sp³-hybridized carbons (Fsp3) is 0.136. The third-order valence-corrected chi connectivity index (χ3v) is 5.34. The van der Waals surface area contributed by atoms with E-state index in [1.54, 1.807) is 17.8 Å². The molecule has 130 valence electrons. The fourth-order valence-electron chi connectivity index (χ4n) is 3.23. The minimum Gasteiger partial charge on any atom is -0.456 e. The summed E-state index contributed by atoms with van der Waals surface area (Å²) in [6.07, 6.45) is 2.08. The van der Waals surface area contributed by atoms with Gasteiger partial charge in [-0.15, -0.1) is 11.8 Å². The molecule has 0 atom stereocenters. The molecule has 0 aromatic heterocycles. The summed E-state index contributed by atoms with van der Waals surface area (Å²) in [5.41, 5.74) is 5.26. The number of thioether (sulfide) groups is 1. The van der Waals surface area contributed by atoms with E-state index in [4.69, 9.17) is 9.83 Å². The molecule has 1 heterocycles. The minimum atomic E-state index is 0.452. The highest BCUT2D eigenvalue weighted by Crippen LogP contribution is 2.40. The smallest absolute Gasteiger partial charge is 0.137 e. The predicted molar refractivity (Wildman–Crippen MR) is 110 cm³/mol. The van der Waals surface area contributed by atoms with Gasteiger partial charge in [0, 0.05) is 53.3 Å². The summed E-state index contributed by atoms with van der Waals surface area (Å²) in [6.45, 7) is 0. The van der Waals surface area contributed by atoms with Crippen LogP contribution in [-0.4, -0.2) is 20.4 Å². The van der Waals surface area contributed by atoms with Gasteiger partial charge < -0.3 is 14.7 Å². The molecule has 0 radical (unpaired) electrons. The highest BCUT2D eigenvalue weighted by atomic mass is 32.2. The molecule has 0 amide bonds. The van der Waals surface area contributed by atoms with Crippen LogP contribution < -0.4 is 10.3 Å². The lowest BCUT2D eigenvalue weighted by atomic mass is 9.93. The maximum Gasteiger partial charge on any atom is 0.137 e. The third-order valence-electron chi connectivity index (χ3n) is 4.60. The van der Waals surface area contributed by atoms with Crippen LogP contribution in [0.1, 0.15) is 0 Å². The first-order valence-electron chi connectivity index (χ1n) is 8.44.